The standard InChI is InChI=1S/C18H28O/c1-3-4-15-5-7-16(8-6-15)9-10-17-11-13-18(19-2)14-12-17/h11-16H,3-10H2,1-2H3/t15-,16-. The highest BCUT2D eigenvalue weighted by Gasteiger charge is 2.20. The van der Waals surface area contributed by atoms with Gasteiger partial charge in [0, 0.05) is 0 Å². The summed E-state index contributed by atoms with van der Waals surface area (Å²) >= 11 is 0. The molecule has 1 aliphatic rings. The minimum Gasteiger partial charge on any atom is -0.497 e. The van der Waals surface area contributed by atoms with Crippen LogP contribution in [0.25, 0.3) is 0 Å². The fourth-order valence-corrected chi connectivity index (χ4v) is 3.38. The van der Waals surface area contributed by atoms with Gasteiger partial charge >= 0.3 is 0 Å². The number of ether oxygens (including phenoxy) is 1. The Balaban J connectivity index is 1.71. The first-order valence-corrected chi connectivity index (χ1v) is 7.94. The lowest BCUT2D eigenvalue weighted by molar-refractivity contribution is 0.252. The number of benzene rings is 1. The topological polar surface area (TPSA) is 9.23 Å². The van der Waals surface area contributed by atoms with Crippen molar-refractivity contribution in [3.05, 3.63) is 29.8 Å². The third kappa shape index (κ3) is 4.56. The van der Waals surface area contributed by atoms with E-state index >= 15 is 0 Å². The Hall–Kier alpha value is -0.980. The van der Waals surface area contributed by atoms with Crippen molar-refractivity contribution in [2.75, 3.05) is 7.11 Å². The first-order chi connectivity index (χ1) is 9.31. The average molecular weight is 260 g/mol. The van der Waals surface area contributed by atoms with E-state index in [1.165, 1.54) is 56.9 Å². The van der Waals surface area contributed by atoms with Crippen LogP contribution in [0.2, 0.25) is 0 Å². The third-order valence-electron chi connectivity index (χ3n) is 4.66. The zero-order valence-electron chi connectivity index (χ0n) is 12.5. The molecule has 0 atom stereocenters. The Morgan fingerprint density at radius 3 is 2.05 bits per heavy atom. The second kappa shape index (κ2) is 7.57. The van der Waals surface area contributed by atoms with E-state index in [0.29, 0.717) is 0 Å². The van der Waals surface area contributed by atoms with Crippen LogP contribution in [0.4, 0.5) is 0 Å². The Morgan fingerprint density at radius 2 is 1.53 bits per heavy atom. The van der Waals surface area contributed by atoms with Crippen LogP contribution in [0.1, 0.15) is 57.4 Å². The van der Waals surface area contributed by atoms with Crippen LogP contribution in [-0.4, -0.2) is 7.11 Å². The van der Waals surface area contributed by atoms with Crippen molar-refractivity contribution >= 4 is 0 Å². The highest BCUT2D eigenvalue weighted by molar-refractivity contribution is 5.27. The van der Waals surface area contributed by atoms with Crippen LogP contribution in [0.5, 0.6) is 5.75 Å². The van der Waals surface area contributed by atoms with E-state index in [-0.39, 0.29) is 0 Å². The van der Waals surface area contributed by atoms with Gasteiger partial charge in [-0.05, 0) is 42.4 Å². The number of hydrogen-bond donors (Lipinski definition) is 0. The molecule has 0 bridgehead atoms. The molecule has 0 N–H and O–H groups in total. The van der Waals surface area contributed by atoms with Gasteiger partial charge in [0.25, 0.3) is 0 Å². The van der Waals surface area contributed by atoms with Crippen LogP contribution in [0.15, 0.2) is 24.3 Å². The summed E-state index contributed by atoms with van der Waals surface area (Å²) in [6.07, 6.45) is 11.3. The molecule has 0 aromatic heterocycles. The van der Waals surface area contributed by atoms with Crippen LogP contribution in [0.3, 0.4) is 0 Å². The van der Waals surface area contributed by atoms with Gasteiger partial charge in [-0.3, -0.25) is 0 Å². The van der Waals surface area contributed by atoms with Crippen molar-refractivity contribution in [1.29, 1.82) is 0 Å². The fourth-order valence-electron chi connectivity index (χ4n) is 3.38. The molecule has 1 aromatic carbocycles. The summed E-state index contributed by atoms with van der Waals surface area (Å²) in [4.78, 5) is 0. The predicted octanol–water partition coefficient (Wildman–Crippen LogP) is 5.23. The minimum absolute atomic E-state index is 0.962. The molecule has 2 rings (SSSR count). The molecule has 1 saturated carbocycles. The highest BCUT2D eigenvalue weighted by atomic mass is 16.5. The van der Waals surface area contributed by atoms with E-state index in [0.717, 1.165) is 17.6 Å². The Kier molecular flexibility index (Phi) is 5.75. The van der Waals surface area contributed by atoms with Gasteiger partial charge in [0.15, 0.2) is 0 Å². The molecule has 1 aromatic rings. The first-order valence-electron chi connectivity index (χ1n) is 7.94. The summed E-state index contributed by atoms with van der Waals surface area (Å²) in [6, 6.07) is 8.57. The molecule has 0 aliphatic heterocycles. The fraction of sp³-hybridized carbons (Fsp3) is 0.667. The van der Waals surface area contributed by atoms with Crippen LogP contribution in [-0.2, 0) is 6.42 Å². The highest BCUT2D eigenvalue weighted by Crippen LogP contribution is 2.33. The Bertz CT molecular complexity index is 346. The van der Waals surface area contributed by atoms with Gasteiger partial charge in [-0.15, -0.1) is 0 Å². The van der Waals surface area contributed by atoms with Gasteiger partial charge in [-0.2, -0.15) is 0 Å². The zero-order valence-corrected chi connectivity index (χ0v) is 12.5. The molecular formula is C18H28O. The number of rotatable bonds is 6. The quantitative estimate of drug-likeness (QED) is 0.680. The molecule has 0 spiro atoms. The molecular weight excluding hydrogens is 232 g/mol. The van der Waals surface area contributed by atoms with Crippen molar-refractivity contribution in [2.24, 2.45) is 11.8 Å². The number of aryl methyl sites for hydroxylation is 1. The first kappa shape index (κ1) is 14.4. The van der Waals surface area contributed by atoms with Crippen LogP contribution < -0.4 is 4.74 Å². The van der Waals surface area contributed by atoms with E-state index in [1.54, 1.807) is 7.11 Å². The van der Waals surface area contributed by atoms with E-state index in [1.807, 2.05) is 0 Å². The maximum atomic E-state index is 5.20. The van der Waals surface area contributed by atoms with Crippen molar-refractivity contribution in [3.8, 4) is 5.75 Å². The van der Waals surface area contributed by atoms with Crippen molar-refractivity contribution in [2.45, 2.75) is 58.3 Å². The maximum Gasteiger partial charge on any atom is 0.118 e. The van der Waals surface area contributed by atoms with E-state index < -0.39 is 0 Å². The molecule has 0 unspecified atom stereocenters. The zero-order chi connectivity index (χ0) is 13.5. The molecule has 0 saturated heterocycles. The monoisotopic (exact) mass is 260 g/mol. The van der Waals surface area contributed by atoms with Gasteiger partial charge in [-0.1, -0.05) is 57.6 Å². The largest absolute Gasteiger partial charge is 0.497 e. The molecule has 0 heterocycles. The summed E-state index contributed by atoms with van der Waals surface area (Å²) < 4.78 is 5.20. The molecule has 0 radical (unpaired) electrons. The summed E-state index contributed by atoms with van der Waals surface area (Å²) in [7, 11) is 1.73. The lowest BCUT2D eigenvalue weighted by Gasteiger charge is -2.28. The molecule has 106 valence electrons. The normalized spacial score (nSPS) is 23.3. The lowest BCUT2D eigenvalue weighted by atomic mass is 9.78. The number of methoxy groups -OCH3 is 1. The summed E-state index contributed by atoms with van der Waals surface area (Å²) in [5, 5.41) is 0. The van der Waals surface area contributed by atoms with E-state index in [4.69, 9.17) is 4.74 Å². The third-order valence-corrected chi connectivity index (χ3v) is 4.66. The number of hydrogen-bond acceptors (Lipinski definition) is 1. The molecule has 1 aliphatic carbocycles. The van der Waals surface area contributed by atoms with Crippen LogP contribution >= 0.6 is 0 Å². The molecule has 0 amide bonds. The average Bonchev–Trinajstić information content (AvgIpc) is 2.47. The van der Waals surface area contributed by atoms with Gasteiger partial charge in [-0.25, -0.2) is 0 Å². The SMILES string of the molecule is CCC[C@H]1CC[C@H](CCc2ccc(OC)cc2)CC1. The van der Waals surface area contributed by atoms with Gasteiger partial charge in [0.2, 0.25) is 0 Å². The second-order valence-electron chi connectivity index (χ2n) is 6.06. The molecule has 1 heteroatoms. The predicted molar refractivity (Wildman–Crippen MR) is 81.7 cm³/mol. The van der Waals surface area contributed by atoms with Crippen molar-refractivity contribution in [3.63, 3.8) is 0 Å². The maximum absolute atomic E-state index is 5.20. The van der Waals surface area contributed by atoms with E-state index in [9.17, 15) is 0 Å². The second-order valence-corrected chi connectivity index (χ2v) is 6.06. The summed E-state index contributed by atoms with van der Waals surface area (Å²) in [5.41, 5.74) is 1.46. The Labute approximate surface area is 118 Å². The molecule has 19 heavy (non-hydrogen) atoms. The van der Waals surface area contributed by atoms with Crippen LogP contribution in [0, 0.1) is 11.8 Å². The smallest absolute Gasteiger partial charge is 0.118 e. The summed E-state index contributed by atoms with van der Waals surface area (Å²) in [6.45, 7) is 2.32. The molecule has 1 nitrogen and oxygen atoms in total. The molecule has 1 fully saturated rings. The van der Waals surface area contributed by atoms with Gasteiger partial charge < -0.3 is 4.74 Å². The minimum atomic E-state index is 0.962. The Morgan fingerprint density at radius 1 is 0.947 bits per heavy atom. The van der Waals surface area contributed by atoms with Crippen molar-refractivity contribution < 1.29 is 4.74 Å². The lowest BCUT2D eigenvalue weighted by Crippen LogP contribution is -2.15. The van der Waals surface area contributed by atoms with Gasteiger partial charge in [0.05, 0.1) is 7.11 Å². The van der Waals surface area contributed by atoms with Gasteiger partial charge in [0.1, 0.15) is 5.75 Å². The van der Waals surface area contributed by atoms with E-state index in [2.05, 4.69) is 31.2 Å². The van der Waals surface area contributed by atoms with Crippen molar-refractivity contribution in [1.82, 2.24) is 0 Å². The summed E-state index contributed by atoms with van der Waals surface area (Å²) in [5.74, 6) is 2.96.